The van der Waals surface area contributed by atoms with Gasteiger partial charge in [0.1, 0.15) is 23.0 Å². The fourth-order valence-corrected chi connectivity index (χ4v) is 5.42. The van der Waals surface area contributed by atoms with Crippen molar-refractivity contribution in [2.24, 2.45) is 24.2 Å². The molecular weight excluding hydrogens is 435 g/mol. The van der Waals surface area contributed by atoms with Crippen LogP contribution in [0.15, 0.2) is 41.2 Å². The Bertz CT molecular complexity index is 1040. The minimum atomic E-state index is -0.702. The lowest BCUT2D eigenvalue weighted by atomic mass is 10.0. The van der Waals surface area contributed by atoms with Gasteiger partial charge in [-0.15, -0.1) is 0 Å². The Labute approximate surface area is 189 Å². The second kappa shape index (κ2) is 9.10. The molecule has 2 aliphatic rings. The number of aromatic nitrogens is 2. The summed E-state index contributed by atoms with van der Waals surface area (Å²) in [5, 5.41) is 4.01. The number of nitrogens with two attached hydrogens (primary N) is 3. The van der Waals surface area contributed by atoms with Gasteiger partial charge in [-0.3, -0.25) is 9.48 Å². The minimum absolute atomic E-state index is 0.109. The van der Waals surface area contributed by atoms with Gasteiger partial charge in [0.15, 0.2) is 0 Å². The standard InChI is InChI=1S/C21H27FN6O3S/c1-27-17(15-8-7-13(23)16(30-2)10-31-15)14(9-26-27)28-18(19(24)29)20(25)32-21(28)11-5-3-4-6-12(11)22/h3-6,9,13,15-16,21H,7-8,10,23,25H2,1-2H3,(H2,24,29)/t13-,15+,16+,21?/m1/s1. The van der Waals surface area contributed by atoms with Crippen LogP contribution in [0, 0.1) is 5.82 Å². The largest absolute Gasteiger partial charge is 0.392 e. The molecule has 32 heavy (non-hydrogen) atoms. The third-order valence-corrected chi connectivity index (χ3v) is 7.02. The highest BCUT2D eigenvalue weighted by Gasteiger charge is 2.41. The van der Waals surface area contributed by atoms with E-state index >= 15 is 0 Å². The molecule has 11 heteroatoms. The second-order valence-electron chi connectivity index (χ2n) is 7.81. The monoisotopic (exact) mass is 462 g/mol. The molecule has 2 aromatic rings. The lowest BCUT2D eigenvalue weighted by Gasteiger charge is -2.29. The quantitative estimate of drug-likeness (QED) is 0.610. The molecule has 0 saturated carbocycles. The summed E-state index contributed by atoms with van der Waals surface area (Å²) >= 11 is 1.17. The maximum Gasteiger partial charge on any atom is 0.268 e. The van der Waals surface area contributed by atoms with E-state index in [-0.39, 0.29) is 29.0 Å². The Morgan fingerprint density at radius 2 is 2.09 bits per heavy atom. The van der Waals surface area contributed by atoms with Crippen LogP contribution in [-0.2, 0) is 21.3 Å². The number of amides is 1. The summed E-state index contributed by atoms with van der Waals surface area (Å²) in [4.78, 5) is 14.0. The van der Waals surface area contributed by atoms with Crippen LogP contribution >= 0.6 is 11.8 Å². The molecule has 3 heterocycles. The average molecular weight is 463 g/mol. The van der Waals surface area contributed by atoms with Gasteiger partial charge >= 0.3 is 0 Å². The van der Waals surface area contributed by atoms with Gasteiger partial charge in [-0.25, -0.2) is 4.39 Å². The van der Waals surface area contributed by atoms with Crippen molar-refractivity contribution in [3.05, 3.63) is 58.3 Å². The molecule has 1 amide bonds. The molecule has 0 bridgehead atoms. The number of carbonyl (C=O) groups excluding carboxylic acids is 1. The molecule has 1 unspecified atom stereocenters. The van der Waals surface area contributed by atoms with E-state index in [4.69, 9.17) is 26.7 Å². The number of nitrogens with zero attached hydrogens (tertiary/aromatic N) is 3. The molecule has 0 aliphatic carbocycles. The van der Waals surface area contributed by atoms with Gasteiger partial charge in [0.25, 0.3) is 5.91 Å². The fraction of sp³-hybridized carbons (Fsp3) is 0.429. The number of thioether (sulfide) groups is 1. The molecule has 1 saturated heterocycles. The highest BCUT2D eigenvalue weighted by molar-refractivity contribution is 8.03. The Hall–Kier alpha value is -2.60. The van der Waals surface area contributed by atoms with E-state index < -0.39 is 17.1 Å². The number of hydrogen-bond donors (Lipinski definition) is 3. The number of carbonyl (C=O) groups is 1. The molecule has 1 aromatic heterocycles. The summed E-state index contributed by atoms with van der Waals surface area (Å²) in [7, 11) is 3.40. The third-order valence-electron chi connectivity index (χ3n) is 5.89. The van der Waals surface area contributed by atoms with E-state index in [0.717, 1.165) is 5.69 Å². The molecule has 2 aliphatic heterocycles. The number of primary amides is 1. The Morgan fingerprint density at radius 1 is 1.34 bits per heavy atom. The molecule has 9 nitrogen and oxygen atoms in total. The summed E-state index contributed by atoms with van der Waals surface area (Å²) < 4.78 is 28.0. The van der Waals surface area contributed by atoms with Crippen LogP contribution in [0.2, 0.25) is 0 Å². The topological polar surface area (TPSA) is 135 Å². The summed E-state index contributed by atoms with van der Waals surface area (Å²) in [6, 6.07) is 6.22. The summed E-state index contributed by atoms with van der Waals surface area (Å²) in [5.41, 5.74) is 19.9. The van der Waals surface area contributed by atoms with E-state index in [1.54, 1.807) is 48.1 Å². The zero-order valence-corrected chi connectivity index (χ0v) is 18.7. The van der Waals surface area contributed by atoms with E-state index in [1.165, 1.54) is 17.8 Å². The van der Waals surface area contributed by atoms with Crippen molar-refractivity contribution >= 4 is 23.4 Å². The average Bonchev–Trinajstić information content (AvgIpc) is 3.23. The number of aryl methyl sites for hydroxylation is 1. The van der Waals surface area contributed by atoms with Crippen LogP contribution in [0.1, 0.15) is 35.6 Å². The highest BCUT2D eigenvalue weighted by Crippen LogP contribution is 2.50. The van der Waals surface area contributed by atoms with Crippen molar-refractivity contribution in [3.8, 4) is 0 Å². The van der Waals surface area contributed by atoms with Crippen molar-refractivity contribution in [3.63, 3.8) is 0 Å². The van der Waals surface area contributed by atoms with E-state index in [0.29, 0.717) is 30.7 Å². The first-order chi connectivity index (χ1) is 15.3. The Kier molecular flexibility index (Phi) is 6.42. The summed E-state index contributed by atoms with van der Waals surface area (Å²) in [6.45, 7) is 0.319. The van der Waals surface area contributed by atoms with Crippen molar-refractivity contribution in [1.82, 2.24) is 9.78 Å². The van der Waals surface area contributed by atoms with Crippen LogP contribution in [0.5, 0.6) is 0 Å². The van der Waals surface area contributed by atoms with Crippen molar-refractivity contribution in [1.29, 1.82) is 0 Å². The molecule has 4 atom stereocenters. The molecule has 4 rings (SSSR count). The predicted octanol–water partition coefficient (Wildman–Crippen LogP) is 1.62. The molecular formula is C21H27FN6O3S. The van der Waals surface area contributed by atoms with Gasteiger partial charge < -0.3 is 31.6 Å². The molecule has 6 N–H and O–H groups in total. The number of benzene rings is 1. The van der Waals surface area contributed by atoms with Gasteiger partial charge in [0, 0.05) is 25.8 Å². The van der Waals surface area contributed by atoms with Gasteiger partial charge in [0.2, 0.25) is 0 Å². The number of ether oxygens (including phenoxy) is 2. The normalized spacial score (nSPS) is 26.4. The SMILES string of the molecule is CO[C@H]1CO[C@H](c2c(N3C(C(N)=O)=C(N)SC3c3ccccc3F)cnn2C)CC[C@H]1N. The van der Waals surface area contributed by atoms with Crippen LogP contribution < -0.4 is 22.1 Å². The number of rotatable bonds is 5. The van der Waals surface area contributed by atoms with Gasteiger partial charge in [-0.1, -0.05) is 30.0 Å². The zero-order chi connectivity index (χ0) is 23.0. The van der Waals surface area contributed by atoms with Crippen molar-refractivity contribution in [2.45, 2.75) is 36.5 Å². The lowest BCUT2D eigenvalue weighted by molar-refractivity contribution is -0.114. The van der Waals surface area contributed by atoms with Gasteiger partial charge in [0.05, 0.1) is 35.3 Å². The first-order valence-electron chi connectivity index (χ1n) is 10.2. The predicted molar refractivity (Wildman–Crippen MR) is 120 cm³/mol. The molecule has 1 aromatic carbocycles. The Morgan fingerprint density at radius 3 is 2.78 bits per heavy atom. The number of methoxy groups -OCH3 is 1. The number of anilines is 1. The summed E-state index contributed by atoms with van der Waals surface area (Å²) in [6.07, 6.45) is 2.35. The Balaban J connectivity index is 1.78. The van der Waals surface area contributed by atoms with Crippen LogP contribution in [0.3, 0.4) is 0 Å². The maximum atomic E-state index is 14.7. The lowest BCUT2D eigenvalue weighted by Crippen LogP contribution is -2.37. The molecule has 0 spiro atoms. The highest BCUT2D eigenvalue weighted by atomic mass is 32.2. The third kappa shape index (κ3) is 3.96. The fourth-order valence-electron chi connectivity index (χ4n) is 4.23. The van der Waals surface area contributed by atoms with E-state index in [9.17, 15) is 9.18 Å². The second-order valence-corrected chi connectivity index (χ2v) is 8.94. The van der Waals surface area contributed by atoms with Gasteiger partial charge in [-0.05, 0) is 18.9 Å². The zero-order valence-electron chi connectivity index (χ0n) is 17.9. The van der Waals surface area contributed by atoms with Crippen LogP contribution in [0.4, 0.5) is 10.1 Å². The molecule has 0 radical (unpaired) electrons. The molecule has 172 valence electrons. The first kappa shape index (κ1) is 22.6. The number of hydrogen-bond acceptors (Lipinski definition) is 8. The van der Waals surface area contributed by atoms with Crippen molar-refractivity contribution in [2.75, 3.05) is 18.6 Å². The van der Waals surface area contributed by atoms with E-state index in [1.807, 2.05) is 0 Å². The van der Waals surface area contributed by atoms with E-state index in [2.05, 4.69) is 5.10 Å². The van der Waals surface area contributed by atoms with Crippen molar-refractivity contribution < 1.29 is 18.7 Å². The smallest absolute Gasteiger partial charge is 0.268 e. The van der Waals surface area contributed by atoms with Crippen LogP contribution in [0.25, 0.3) is 0 Å². The molecule has 1 fully saturated rings. The minimum Gasteiger partial charge on any atom is -0.392 e. The van der Waals surface area contributed by atoms with Gasteiger partial charge in [-0.2, -0.15) is 5.10 Å². The van der Waals surface area contributed by atoms with Crippen LogP contribution in [-0.4, -0.2) is 41.6 Å². The first-order valence-corrected chi connectivity index (χ1v) is 11.1. The number of halogens is 1. The summed E-state index contributed by atoms with van der Waals surface area (Å²) in [5.74, 6) is -1.11. The maximum absolute atomic E-state index is 14.7.